The zero-order valence-corrected chi connectivity index (χ0v) is 7.97. The first-order chi connectivity index (χ1) is 7.15. The Kier molecular flexibility index (Phi) is 3.88. The highest BCUT2D eigenvalue weighted by atomic mass is 19.3. The Morgan fingerprint density at radius 2 is 2.07 bits per heavy atom. The molecule has 0 fully saturated rings. The zero-order chi connectivity index (χ0) is 11.3. The largest absolute Gasteiger partial charge is 0.435 e. The van der Waals surface area contributed by atoms with Crippen LogP contribution in [0.5, 0.6) is 5.75 Å². The van der Waals surface area contributed by atoms with Crippen molar-refractivity contribution in [3.05, 3.63) is 40.3 Å². The normalized spacial score (nSPS) is 12.0. The summed E-state index contributed by atoms with van der Waals surface area (Å²) in [6.45, 7) is -1.28. The van der Waals surface area contributed by atoms with Gasteiger partial charge in [0.25, 0.3) is 0 Å². The van der Waals surface area contributed by atoms with E-state index in [2.05, 4.69) is 14.8 Å². The van der Waals surface area contributed by atoms with Crippen LogP contribution in [0.25, 0.3) is 10.4 Å². The van der Waals surface area contributed by atoms with Crippen molar-refractivity contribution in [3.63, 3.8) is 0 Å². The second kappa shape index (κ2) is 5.17. The minimum Gasteiger partial charge on any atom is -0.435 e. The van der Waals surface area contributed by atoms with E-state index in [1.54, 1.807) is 25.1 Å². The Balaban J connectivity index is 3.00. The molecule has 0 saturated carbocycles. The number of azide groups is 1. The summed E-state index contributed by atoms with van der Waals surface area (Å²) in [5.74, 6) is 0.0346. The molecular formula is C9H9F2N3O. The van der Waals surface area contributed by atoms with Crippen molar-refractivity contribution in [2.75, 3.05) is 0 Å². The van der Waals surface area contributed by atoms with Crippen molar-refractivity contribution >= 4 is 0 Å². The molecule has 6 heteroatoms. The molecule has 1 atom stereocenters. The van der Waals surface area contributed by atoms with Gasteiger partial charge in [-0.25, -0.2) is 0 Å². The van der Waals surface area contributed by atoms with E-state index in [-0.39, 0.29) is 5.75 Å². The fourth-order valence-corrected chi connectivity index (χ4v) is 1.17. The topological polar surface area (TPSA) is 58.0 Å². The van der Waals surface area contributed by atoms with E-state index in [1.807, 2.05) is 0 Å². The molecule has 15 heavy (non-hydrogen) atoms. The number of benzene rings is 1. The number of hydrogen-bond acceptors (Lipinski definition) is 2. The molecule has 1 aromatic rings. The van der Waals surface area contributed by atoms with E-state index in [0.717, 1.165) is 0 Å². The van der Waals surface area contributed by atoms with E-state index in [9.17, 15) is 8.78 Å². The monoisotopic (exact) mass is 213 g/mol. The number of ether oxygens (including phenoxy) is 1. The molecule has 0 spiro atoms. The van der Waals surface area contributed by atoms with Crippen molar-refractivity contribution < 1.29 is 13.5 Å². The van der Waals surface area contributed by atoms with E-state index in [0.29, 0.717) is 5.56 Å². The van der Waals surface area contributed by atoms with Crippen molar-refractivity contribution in [3.8, 4) is 5.75 Å². The molecule has 0 aromatic heterocycles. The molecule has 0 aliphatic rings. The number of alkyl halides is 2. The second-order valence-electron chi connectivity index (χ2n) is 2.80. The molecule has 0 bridgehead atoms. The fourth-order valence-electron chi connectivity index (χ4n) is 1.17. The quantitative estimate of drug-likeness (QED) is 0.427. The Morgan fingerprint density at radius 1 is 1.40 bits per heavy atom. The number of halogens is 2. The number of rotatable bonds is 4. The van der Waals surface area contributed by atoms with Crippen LogP contribution >= 0.6 is 0 Å². The highest BCUT2D eigenvalue weighted by Crippen LogP contribution is 2.28. The Hall–Kier alpha value is -1.81. The van der Waals surface area contributed by atoms with Gasteiger partial charge in [-0.2, -0.15) is 8.78 Å². The molecule has 0 amide bonds. The van der Waals surface area contributed by atoms with Gasteiger partial charge < -0.3 is 4.74 Å². The molecule has 0 saturated heterocycles. The average molecular weight is 213 g/mol. The second-order valence-corrected chi connectivity index (χ2v) is 2.80. The summed E-state index contributed by atoms with van der Waals surface area (Å²) in [5.41, 5.74) is 8.68. The number of para-hydroxylation sites is 1. The third-order valence-electron chi connectivity index (χ3n) is 1.81. The summed E-state index contributed by atoms with van der Waals surface area (Å²) in [6, 6.07) is 5.69. The van der Waals surface area contributed by atoms with E-state index in [1.165, 1.54) is 6.07 Å². The van der Waals surface area contributed by atoms with Crippen LogP contribution in [0.3, 0.4) is 0 Å². The molecule has 0 heterocycles. The lowest BCUT2D eigenvalue weighted by Gasteiger charge is -2.12. The molecule has 0 unspecified atom stereocenters. The Morgan fingerprint density at radius 3 is 2.67 bits per heavy atom. The van der Waals surface area contributed by atoms with Crippen LogP contribution in [0.2, 0.25) is 0 Å². The van der Waals surface area contributed by atoms with Gasteiger partial charge in [-0.3, -0.25) is 0 Å². The van der Waals surface area contributed by atoms with Gasteiger partial charge in [0.2, 0.25) is 0 Å². The molecule has 4 nitrogen and oxygen atoms in total. The van der Waals surface area contributed by atoms with Gasteiger partial charge in [0.05, 0.1) is 6.04 Å². The lowest BCUT2D eigenvalue weighted by Crippen LogP contribution is -2.05. The molecule has 0 radical (unpaired) electrons. The molecule has 80 valence electrons. The lowest BCUT2D eigenvalue weighted by atomic mass is 10.1. The van der Waals surface area contributed by atoms with Crippen LogP contribution in [0, 0.1) is 0 Å². The van der Waals surface area contributed by atoms with Gasteiger partial charge in [-0.15, -0.1) is 0 Å². The number of hydrogen-bond donors (Lipinski definition) is 0. The standard InChI is InChI=1S/C9H9F2N3O/c1-6(13-14-12)7-4-2-3-5-8(7)15-9(10)11/h2-6,9H,1H3/t6-/m1/s1. The predicted octanol–water partition coefficient (Wildman–Crippen LogP) is 3.66. The summed E-state index contributed by atoms with van der Waals surface area (Å²) in [5, 5.41) is 3.42. The van der Waals surface area contributed by atoms with E-state index >= 15 is 0 Å². The van der Waals surface area contributed by atoms with Gasteiger partial charge in [0.1, 0.15) is 5.75 Å². The van der Waals surface area contributed by atoms with Crippen molar-refractivity contribution in [1.82, 2.24) is 0 Å². The molecule has 1 rings (SSSR count). The highest BCUT2D eigenvalue weighted by Gasteiger charge is 2.12. The van der Waals surface area contributed by atoms with Gasteiger partial charge in [0.15, 0.2) is 0 Å². The number of nitrogens with zero attached hydrogens (tertiary/aromatic N) is 3. The summed E-state index contributed by atoms with van der Waals surface area (Å²) in [4.78, 5) is 2.61. The fraction of sp³-hybridized carbons (Fsp3) is 0.333. The van der Waals surface area contributed by atoms with Crippen LogP contribution in [-0.2, 0) is 0 Å². The first-order valence-electron chi connectivity index (χ1n) is 4.23. The van der Waals surface area contributed by atoms with Crippen LogP contribution in [0.1, 0.15) is 18.5 Å². The van der Waals surface area contributed by atoms with Crippen molar-refractivity contribution in [2.45, 2.75) is 19.6 Å². The minimum atomic E-state index is -2.88. The van der Waals surface area contributed by atoms with E-state index < -0.39 is 12.7 Å². The maximum absolute atomic E-state index is 12.0. The summed E-state index contributed by atoms with van der Waals surface area (Å²) >= 11 is 0. The maximum Gasteiger partial charge on any atom is 0.387 e. The average Bonchev–Trinajstić information content (AvgIpc) is 2.18. The smallest absolute Gasteiger partial charge is 0.387 e. The predicted molar refractivity (Wildman–Crippen MR) is 50.6 cm³/mol. The SMILES string of the molecule is C[C@@H](N=[N+]=[N-])c1ccccc1OC(F)F. The van der Waals surface area contributed by atoms with E-state index in [4.69, 9.17) is 5.53 Å². The zero-order valence-electron chi connectivity index (χ0n) is 7.97. The minimum absolute atomic E-state index is 0.0346. The Labute approximate surface area is 85.1 Å². The van der Waals surface area contributed by atoms with Crippen LogP contribution in [0.15, 0.2) is 29.4 Å². The highest BCUT2D eigenvalue weighted by molar-refractivity contribution is 5.35. The van der Waals surface area contributed by atoms with Crippen LogP contribution < -0.4 is 4.74 Å². The summed E-state index contributed by atoms with van der Waals surface area (Å²) in [6.07, 6.45) is 0. The molecule has 0 N–H and O–H groups in total. The first-order valence-corrected chi connectivity index (χ1v) is 4.23. The third-order valence-corrected chi connectivity index (χ3v) is 1.81. The van der Waals surface area contributed by atoms with Crippen LogP contribution in [0.4, 0.5) is 8.78 Å². The Bertz CT molecular complexity index is 377. The molecule has 0 aliphatic carbocycles. The van der Waals surface area contributed by atoms with Gasteiger partial charge in [0, 0.05) is 10.5 Å². The first kappa shape index (κ1) is 11.3. The third kappa shape index (κ3) is 3.11. The lowest BCUT2D eigenvalue weighted by molar-refractivity contribution is -0.0505. The molecular weight excluding hydrogens is 204 g/mol. The van der Waals surface area contributed by atoms with Gasteiger partial charge >= 0.3 is 6.61 Å². The molecule has 1 aromatic carbocycles. The van der Waals surface area contributed by atoms with Gasteiger partial charge in [-0.1, -0.05) is 30.2 Å². The van der Waals surface area contributed by atoms with Crippen LogP contribution in [-0.4, -0.2) is 6.61 Å². The van der Waals surface area contributed by atoms with Crippen molar-refractivity contribution in [2.24, 2.45) is 5.11 Å². The summed E-state index contributed by atoms with van der Waals surface area (Å²) in [7, 11) is 0. The van der Waals surface area contributed by atoms with Gasteiger partial charge in [-0.05, 0) is 11.6 Å². The summed E-state index contributed by atoms with van der Waals surface area (Å²) < 4.78 is 28.3. The maximum atomic E-state index is 12.0. The van der Waals surface area contributed by atoms with Crippen molar-refractivity contribution in [1.29, 1.82) is 0 Å². The molecule has 0 aliphatic heterocycles.